The molecule has 8 nitrogen and oxygen atoms in total. The summed E-state index contributed by atoms with van der Waals surface area (Å²) in [6.45, 7) is 3.15. The van der Waals surface area contributed by atoms with E-state index in [0.29, 0.717) is 18.7 Å². The van der Waals surface area contributed by atoms with E-state index in [-0.39, 0.29) is 16.4 Å². The largest absolute Gasteiger partial charge is 0.322 e. The Morgan fingerprint density at radius 2 is 1.82 bits per heavy atom. The van der Waals surface area contributed by atoms with E-state index in [1.165, 1.54) is 25.0 Å². The lowest BCUT2D eigenvalue weighted by molar-refractivity contribution is 0.102. The number of hydrogen-bond donors (Lipinski definition) is 2. The van der Waals surface area contributed by atoms with E-state index < -0.39 is 10.0 Å². The number of benzene rings is 2. The van der Waals surface area contributed by atoms with E-state index in [1.807, 2.05) is 31.2 Å². The average Bonchev–Trinajstić information content (AvgIpc) is 3.19. The van der Waals surface area contributed by atoms with Crippen LogP contribution in [0.3, 0.4) is 0 Å². The fourth-order valence-corrected chi connectivity index (χ4v) is 5.08. The minimum Gasteiger partial charge on any atom is -0.322 e. The van der Waals surface area contributed by atoms with Gasteiger partial charge >= 0.3 is 0 Å². The SMILES string of the molecule is CCCNS(=O)(=O)c1cccc(C(=O)Nc2ccc(-c3nnc4n3CCCCCC4)cc2)c1. The summed E-state index contributed by atoms with van der Waals surface area (Å²) in [5.41, 5.74) is 1.84. The van der Waals surface area contributed by atoms with E-state index in [4.69, 9.17) is 0 Å². The first-order valence-corrected chi connectivity index (χ1v) is 12.9. The third kappa shape index (κ3) is 5.48. The fourth-order valence-electron chi connectivity index (χ4n) is 3.91. The molecule has 4 rings (SSSR count). The number of nitrogens with zero attached hydrogens (tertiary/aromatic N) is 3. The van der Waals surface area contributed by atoms with E-state index in [9.17, 15) is 13.2 Å². The van der Waals surface area contributed by atoms with Gasteiger partial charge in [0.05, 0.1) is 4.90 Å². The van der Waals surface area contributed by atoms with Crippen molar-refractivity contribution in [3.8, 4) is 11.4 Å². The zero-order valence-electron chi connectivity index (χ0n) is 18.8. The Hall–Kier alpha value is -3.04. The quantitative estimate of drug-likeness (QED) is 0.546. The summed E-state index contributed by atoms with van der Waals surface area (Å²) >= 11 is 0. The van der Waals surface area contributed by atoms with E-state index in [0.717, 1.165) is 43.0 Å². The number of aromatic nitrogens is 3. The summed E-state index contributed by atoms with van der Waals surface area (Å²) in [5, 5.41) is 11.6. The Morgan fingerprint density at radius 1 is 1.03 bits per heavy atom. The van der Waals surface area contributed by atoms with Gasteiger partial charge in [-0.25, -0.2) is 13.1 Å². The number of aryl methyl sites for hydroxylation is 1. The topological polar surface area (TPSA) is 106 Å². The van der Waals surface area contributed by atoms with Gasteiger partial charge in [0.1, 0.15) is 5.82 Å². The molecule has 1 aromatic heterocycles. The number of hydrogen-bond acceptors (Lipinski definition) is 5. The predicted octanol–water partition coefficient (Wildman–Crippen LogP) is 4.00. The highest BCUT2D eigenvalue weighted by atomic mass is 32.2. The molecule has 174 valence electrons. The number of anilines is 1. The molecule has 3 aromatic rings. The van der Waals surface area contributed by atoms with Crippen LogP contribution in [0.5, 0.6) is 0 Å². The first-order chi connectivity index (χ1) is 16.0. The van der Waals surface area contributed by atoms with Crippen molar-refractivity contribution in [3.05, 3.63) is 59.9 Å². The maximum Gasteiger partial charge on any atom is 0.255 e. The van der Waals surface area contributed by atoms with Crippen molar-refractivity contribution in [2.75, 3.05) is 11.9 Å². The maximum absolute atomic E-state index is 12.7. The molecule has 0 atom stereocenters. The van der Waals surface area contributed by atoms with Crippen LogP contribution in [0.25, 0.3) is 11.4 Å². The lowest BCUT2D eigenvalue weighted by atomic mass is 10.1. The van der Waals surface area contributed by atoms with Crippen LogP contribution in [0.4, 0.5) is 5.69 Å². The summed E-state index contributed by atoms with van der Waals surface area (Å²) in [6, 6.07) is 13.5. The van der Waals surface area contributed by atoms with Gasteiger partial charge in [0.25, 0.3) is 5.91 Å². The fraction of sp³-hybridized carbons (Fsp3) is 0.375. The van der Waals surface area contributed by atoms with Crippen LogP contribution < -0.4 is 10.0 Å². The lowest BCUT2D eigenvalue weighted by Crippen LogP contribution is -2.24. The monoisotopic (exact) mass is 467 g/mol. The summed E-state index contributed by atoms with van der Waals surface area (Å²) in [5.74, 6) is 1.51. The normalized spacial score (nSPS) is 14.2. The molecule has 1 aliphatic heterocycles. The minimum absolute atomic E-state index is 0.0715. The Bertz CT molecular complexity index is 1220. The molecule has 33 heavy (non-hydrogen) atoms. The van der Waals surface area contributed by atoms with Crippen LogP contribution in [-0.4, -0.2) is 35.6 Å². The van der Waals surface area contributed by atoms with Crippen molar-refractivity contribution < 1.29 is 13.2 Å². The summed E-state index contributed by atoms with van der Waals surface area (Å²) < 4.78 is 29.4. The molecule has 0 radical (unpaired) electrons. The highest BCUT2D eigenvalue weighted by Gasteiger charge is 2.17. The number of rotatable bonds is 7. The second-order valence-electron chi connectivity index (χ2n) is 8.21. The first kappa shape index (κ1) is 23.1. The van der Waals surface area contributed by atoms with E-state index >= 15 is 0 Å². The van der Waals surface area contributed by atoms with Crippen LogP contribution >= 0.6 is 0 Å². The molecule has 1 amide bonds. The van der Waals surface area contributed by atoms with Crippen LogP contribution in [0.1, 0.15) is 55.2 Å². The van der Waals surface area contributed by atoms with Gasteiger partial charge < -0.3 is 9.88 Å². The van der Waals surface area contributed by atoms with E-state index in [2.05, 4.69) is 24.8 Å². The molecule has 0 bridgehead atoms. The number of sulfonamides is 1. The zero-order chi connectivity index (χ0) is 23.3. The molecule has 0 saturated carbocycles. The van der Waals surface area contributed by atoms with Gasteiger partial charge in [-0.2, -0.15) is 0 Å². The number of nitrogens with one attached hydrogen (secondary N) is 2. The zero-order valence-corrected chi connectivity index (χ0v) is 19.6. The molecule has 0 spiro atoms. The number of fused-ring (bicyclic) bond motifs is 1. The summed E-state index contributed by atoms with van der Waals surface area (Å²) in [7, 11) is -3.64. The van der Waals surface area contributed by atoms with Gasteiger partial charge in [-0.05, 0) is 61.7 Å². The van der Waals surface area contributed by atoms with Crippen molar-refractivity contribution in [2.24, 2.45) is 0 Å². The van der Waals surface area contributed by atoms with Crippen molar-refractivity contribution in [2.45, 2.75) is 56.9 Å². The second kappa shape index (κ2) is 10.3. The standard InChI is InChI=1S/C24H29N5O3S/c1-2-15-25-33(31,32)21-9-7-8-19(17-21)24(30)26-20-13-11-18(12-14-20)23-28-27-22-10-5-3-4-6-16-29(22)23/h7-9,11-14,17,25H,2-6,10,15-16H2,1H3,(H,26,30). The van der Waals surface area contributed by atoms with E-state index in [1.54, 1.807) is 12.1 Å². The Labute approximate surface area is 194 Å². The lowest BCUT2D eigenvalue weighted by Gasteiger charge is -2.13. The van der Waals surface area contributed by atoms with Gasteiger partial charge in [0.2, 0.25) is 10.0 Å². The van der Waals surface area contributed by atoms with Gasteiger partial charge in [-0.1, -0.05) is 25.8 Å². The Balaban J connectivity index is 1.48. The van der Waals surface area contributed by atoms with Gasteiger partial charge in [0, 0.05) is 36.3 Å². The second-order valence-corrected chi connectivity index (χ2v) is 9.98. The molecular weight excluding hydrogens is 438 g/mol. The average molecular weight is 468 g/mol. The first-order valence-electron chi connectivity index (χ1n) is 11.4. The Morgan fingerprint density at radius 3 is 2.61 bits per heavy atom. The van der Waals surface area contributed by atoms with Crippen LogP contribution in [-0.2, 0) is 23.0 Å². The molecule has 0 aliphatic carbocycles. The van der Waals surface area contributed by atoms with Crippen LogP contribution in [0.2, 0.25) is 0 Å². The van der Waals surface area contributed by atoms with Gasteiger partial charge in [-0.3, -0.25) is 4.79 Å². The maximum atomic E-state index is 12.7. The highest BCUT2D eigenvalue weighted by molar-refractivity contribution is 7.89. The van der Waals surface area contributed by atoms with Crippen molar-refractivity contribution in [1.29, 1.82) is 0 Å². The molecule has 2 heterocycles. The number of carbonyl (C=O) groups is 1. The van der Waals surface area contributed by atoms with Crippen molar-refractivity contribution >= 4 is 21.6 Å². The molecule has 2 N–H and O–H groups in total. The minimum atomic E-state index is -3.64. The van der Waals surface area contributed by atoms with Gasteiger partial charge in [0.15, 0.2) is 5.82 Å². The summed E-state index contributed by atoms with van der Waals surface area (Å²) in [6.07, 6.45) is 6.35. The third-order valence-corrected chi connectivity index (χ3v) is 7.17. The number of amides is 1. The van der Waals surface area contributed by atoms with Crippen LogP contribution in [0, 0.1) is 0 Å². The third-order valence-electron chi connectivity index (χ3n) is 5.71. The smallest absolute Gasteiger partial charge is 0.255 e. The molecule has 0 unspecified atom stereocenters. The van der Waals surface area contributed by atoms with Gasteiger partial charge in [-0.15, -0.1) is 10.2 Å². The summed E-state index contributed by atoms with van der Waals surface area (Å²) in [4.78, 5) is 12.8. The van der Waals surface area contributed by atoms with Crippen molar-refractivity contribution in [3.63, 3.8) is 0 Å². The van der Waals surface area contributed by atoms with Crippen molar-refractivity contribution in [1.82, 2.24) is 19.5 Å². The molecule has 0 saturated heterocycles. The molecular formula is C24H29N5O3S. The highest BCUT2D eigenvalue weighted by Crippen LogP contribution is 2.24. The molecule has 1 aliphatic rings. The molecule has 2 aromatic carbocycles. The number of carbonyl (C=O) groups excluding carboxylic acids is 1. The molecule has 9 heteroatoms. The Kier molecular flexibility index (Phi) is 7.20. The van der Waals surface area contributed by atoms with Crippen LogP contribution in [0.15, 0.2) is 53.4 Å². The molecule has 0 fully saturated rings. The predicted molar refractivity (Wildman–Crippen MR) is 128 cm³/mol.